The molecule has 0 unspecified atom stereocenters. The Bertz CT molecular complexity index is 891. The first kappa shape index (κ1) is 15.4. The van der Waals surface area contributed by atoms with Crippen LogP contribution in [0.3, 0.4) is 0 Å². The van der Waals surface area contributed by atoms with Crippen molar-refractivity contribution in [1.29, 1.82) is 0 Å². The Morgan fingerprint density at radius 3 is 2.88 bits per heavy atom. The Morgan fingerprint density at radius 2 is 2.08 bits per heavy atom. The third-order valence-corrected chi connectivity index (χ3v) is 4.20. The van der Waals surface area contributed by atoms with Crippen molar-refractivity contribution in [3.8, 4) is 5.75 Å². The number of amides is 1. The minimum Gasteiger partial charge on any atom is -0.485 e. The van der Waals surface area contributed by atoms with Gasteiger partial charge in [0.05, 0.1) is 24.0 Å². The maximum absolute atomic E-state index is 14.7. The maximum Gasteiger partial charge on any atom is 0.262 e. The number of benzene rings is 1. The van der Waals surface area contributed by atoms with E-state index >= 15 is 0 Å². The van der Waals surface area contributed by atoms with E-state index in [0.717, 1.165) is 15.9 Å². The van der Waals surface area contributed by atoms with Crippen LogP contribution in [-0.2, 0) is 4.79 Å². The molecule has 0 aromatic heterocycles. The van der Waals surface area contributed by atoms with Gasteiger partial charge in [0.2, 0.25) is 11.9 Å². The van der Waals surface area contributed by atoms with Crippen LogP contribution in [0, 0.1) is 5.82 Å². The number of hydrogen-bond donors (Lipinski definition) is 0. The minimum atomic E-state index is -0.761. The Hall–Kier alpha value is -3.16. The first-order valence-corrected chi connectivity index (χ1v) is 7.57. The minimum absolute atomic E-state index is 0.0181. The van der Waals surface area contributed by atoms with Crippen LogP contribution in [0.15, 0.2) is 53.7 Å². The summed E-state index contributed by atoms with van der Waals surface area (Å²) >= 11 is 0. The largest absolute Gasteiger partial charge is 0.485 e. The smallest absolute Gasteiger partial charge is 0.262 e. The molecule has 0 fully saturated rings. The number of nitrogens with zero attached hydrogens (tertiary/aromatic N) is 4. The molecule has 1 aromatic rings. The molecule has 0 saturated carbocycles. The van der Waals surface area contributed by atoms with Crippen LogP contribution in [0.5, 0.6) is 5.75 Å². The van der Waals surface area contributed by atoms with Crippen LogP contribution in [0.2, 0.25) is 0 Å². The number of aliphatic imine (C=N–C) groups is 1. The Kier molecular flexibility index (Phi) is 3.34. The molecule has 0 bridgehead atoms. The molecule has 0 saturated heterocycles. The highest BCUT2D eigenvalue weighted by atomic mass is 19.1. The first-order valence-electron chi connectivity index (χ1n) is 7.57. The van der Waals surface area contributed by atoms with Crippen molar-refractivity contribution in [2.24, 2.45) is 4.99 Å². The van der Waals surface area contributed by atoms with E-state index < -0.39 is 17.7 Å². The molecule has 6 nitrogen and oxygen atoms in total. The molecular weight excluding hydrogens is 330 g/mol. The second-order valence-corrected chi connectivity index (χ2v) is 5.72. The predicted molar refractivity (Wildman–Crippen MR) is 89.4 cm³/mol. The molecule has 1 aromatic carbocycles. The molecule has 1 amide bonds. The molecule has 4 rings (SSSR count). The predicted octanol–water partition coefficient (Wildman–Crippen LogP) is 2.51. The molecule has 0 aliphatic carbocycles. The first-order chi connectivity index (χ1) is 12.0. The van der Waals surface area contributed by atoms with Gasteiger partial charge in [-0.2, -0.15) is 4.39 Å². The van der Waals surface area contributed by atoms with Gasteiger partial charge >= 0.3 is 0 Å². The van der Waals surface area contributed by atoms with Crippen LogP contribution in [0.4, 0.5) is 20.2 Å². The van der Waals surface area contributed by atoms with Gasteiger partial charge in [-0.3, -0.25) is 9.69 Å². The SMILES string of the molecule is C=C1COc2cc(F)c(N3C(=O)C=C(F)N4C=CCN=C43)cc2N1C. The third kappa shape index (κ3) is 2.29. The van der Waals surface area contributed by atoms with Crippen molar-refractivity contribution in [3.05, 3.63) is 54.5 Å². The summed E-state index contributed by atoms with van der Waals surface area (Å²) in [6.07, 6.45) is 3.90. The van der Waals surface area contributed by atoms with E-state index in [1.165, 1.54) is 18.3 Å². The van der Waals surface area contributed by atoms with Gasteiger partial charge in [0.15, 0.2) is 5.82 Å². The third-order valence-electron chi connectivity index (χ3n) is 4.20. The van der Waals surface area contributed by atoms with E-state index in [0.29, 0.717) is 17.1 Å². The maximum atomic E-state index is 14.7. The zero-order chi connectivity index (χ0) is 17.7. The average molecular weight is 344 g/mol. The van der Waals surface area contributed by atoms with Crippen LogP contribution >= 0.6 is 0 Å². The summed E-state index contributed by atoms with van der Waals surface area (Å²) in [5.74, 6) is -1.77. The van der Waals surface area contributed by atoms with E-state index in [4.69, 9.17) is 4.74 Å². The number of hydrogen-bond acceptors (Lipinski definition) is 5. The van der Waals surface area contributed by atoms with E-state index in [-0.39, 0.29) is 24.8 Å². The van der Waals surface area contributed by atoms with Crippen molar-refractivity contribution in [2.45, 2.75) is 0 Å². The van der Waals surface area contributed by atoms with Crippen molar-refractivity contribution >= 4 is 23.2 Å². The molecule has 25 heavy (non-hydrogen) atoms. The summed E-state index contributed by atoms with van der Waals surface area (Å²) in [6.45, 7) is 4.40. The van der Waals surface area contributed by atoms with Crippen molar-refractivity contribution in [1.82, 2.24) is 4.90 Å². The Morgan fingerprint density at radius 1 is 1.28 bits per heavy atom. The number of carbonyl (C=O) groups excluding carboxylic acids is 1. The topological polar surface area (TPSA) is 48.4 Å². The molecule has 8 heteroatoms. The summed E-state index contributed by atoms with van der Waals surface area (Å²) in [5.41, 5.74) is 1.23. The van der Waals surface area contributed by atoms with Gasteiger partial charge in [-0.1, -0.05) is 6.58 Å². The van der Waals surface area contributed by atoms with E-state index in [1.807, 2.05) is 0 Å². The molecule has 3 aliphatic rings. The zero-order valence-electron chi connectivity index (χ0n) is 13.4. The second kappa shape index (κ2) is 5.44. The van der Waals surface area contributed by atoms with Gasteiger partial charge in [-0.05, 0) is 12.1 Å². The molecule has 0 radical (unpaired) electrons. The number of ether oxygens (including phenoxy) is 1. The lowest BCUT2D eigenvalue weighted by Crippen LogP contribution is -2.49. The van der Waals surface area contributed by atoms with Gasteiger partial charge < -0.3 is 9.64 Å². The highest BCUT2D eigenvalue weighted by Crippen LogP contribution is 2.40. The van der Waals surface area contributed by atoms with Crippen LogP contribution in [0.1, 0.15) is 0 Å². The van der Waals surface area contributed by atoms with Crippen molar-refractivity contribution in [2.75, 3.05) is 30.0 Å². The lowest BCUT2D eigenvalue weighted by atomic mass is 10.1. The molecular formula is C17H14F2N4O2. The van der Waals surface area contributed by atoms with Gasteiger partial charge in [0.25, 0.3) is 5.91 Å². The number of rotatable bonds is 1. The summed E-state index contributed by atoms with van der Waals surface area (Å²) in [4.78, 5) is 20.4. The van der Waals surface area contributed by atoms with Gasteiger partial charge in [-0.15, -0.1) is 0 Å². The Balaban J connectivity index is 1.86. The fourth-order valence-corrected chi connectivity index (χ4v) is 2.85. The molecule has 3 aliphatic heterocycles. The fourth-order valence-electron chi connectivity index (χ4n) is 2.85. The highest BCUT2D eigenvalue weighted by molar-refractivity contribution is 6.22. The quantitative estimate of drug-likeness (QED) is 0.735. The lowest BCUT2D eigenvalue weighted by Gasteiger charge is -2.36. The normalized spacial score (nSPS) is 19.2. The van der Waals surface area contributed by atoms with Gasteiger partial charge in [-0.25, -0.2) is 14.3 Å². The molecule has 3 heterocycles. The molecule has 0 spiro atoms. The number of fused-ring (bicyclic) bond motifs is 2. The number of likely N-dealkylation sites (N-methyl/N-ethyl adjacent to an activating group) is 1. The standard InChI is InChI=1S/C17H14F2N4O2/c1-10-9-25-14-6-11(18)12(7-13(14)21(10)2)23-16(24)8-15(19)22-5-3-4-20-17(22)23/h3,5-8H,1,4,9H2,2H3. The molecule has 0 atom stereocenters. The molecule has 0 N–H and O–H groups in total. The van der Waals surface area contributed by atoms with Crippen molar-refractivity contribution < 1.29 is 18.3 Å². The van der Waals surface area contributed by atoms with Gasteiger partial charge in [0.1, 0.15) is 12.4 Å². The van der Waals surface area contributed by atoms with Crippen LogP contribution in [0.25, 0.3) is 0 Å². The summed E-state index contributed by atoms with van der Waals surface area (Å²) in [7, 11) is 1.77. The monoisotopic (exact) mass is 344 g/mol. The molecule has 128 valence electrons. The lowest BCUT2D eigenvalue weighted by molar-refractivity contribution is -0.113. The van der Waals surface area contributed by atoms with Crippen molar-refractivity contribution in [3.63, 3.8) is 0 Å². The average Bonchev–Trinajstić information content (AvgIpc) is 2.59. The van der Waals surface area contributed by atoms with Crippen LogP contribution < -0.4 is 14.5 Å². The van der Waals surface area contributed by atoms with E-state index in [9.17, 15) is 13.6 Å². The van der Waals surface area contributed by atoms with Gasteiger partial charge in [0, 0.05) is 25.0 Å². The van der Waals surface area contributed by atoms with Crippen LogP contribution in [-0.4, -0.2) is 37.0 Å². The fraction of sp³-hybridized carbons (Fsp3) is 0.176. The van der Waals surface area contributed by atoms with E-state index in [2.05, 4.69) is 11.6 Å². The number of guanidine groups is 1. The second-order valence-electron chi connectivity index (χ2n) is 5.72. The summed E-state index contributed by atoms with van der Waals surface area (Å²) in [5, 5.41) is 0. The summed E-state index contributed by atoms with van der Waals surface area (Å²) < 4.78 is 34.2. The zero-order valence-corrected chi connectivity index (χ0v) is 13.4. The summed E-state index contributed by atoms with van der Waals surface area (Å²) in [6, 6.07) is 2.68. The number of carbonyl (C=O) groups is 1. The Labute approximate surface area is 142 Å². The van der Waals surface area contributed by atoms with E-state index in [1.54, 1.807) is 18.0 Å². The number of halogens is 2. The highest BCUT2D eigenvalue weighted by Gasteiger charge is 2.35. The number of anilines is 2.